The van der Waals surface area contributed by atoms with Gasteiger partial charge in [-0.3, -0.25) is 4.79 Å². The monoisotopic (exact) mass is 394 g/mol. The van der Waals surface area contributed by atoms with Crippen LogP contribution in [-0.2, 0) is 4.79 Å². The predicted molar refractivity (Wildman–Crippen MR) is 109 cm³/mol. The highest BCUT2D eigenvalue weighted by atomic mass is 35.5. The van der Waals surface area contributed by atoms with Gasteiger partial charge in [0.2, 0.25) is 5.91 Å². The number of nitrogens with one attached hydrogen (secondary N) is 2. The quantitative estimate of drug-likeness (QED) is 0.777. The van der Waals surface area contributed by atoms with Gasteiger partial charge in [0.1, 0.15) is 17.2 Å². The minimum absolute atomic E-state index is 0. The normalized spacial score (nSPS) is 16.3. The zero-order chi connectivity index (χ0) is 17.5. The number of methoxy groups -OCH3 is 1. The van der Waals surface area contributed by atoms with Crippen LogP contribution in [0, 0.1) is 0 Å². The van der Waals surface area contributed by atoms with Gasteiger partial charge in [-0.15, -0.1) is 12.4 Å². The van der Waals surface area contributed by atoms with Crippen LogP contribution in [0.1, 0.15) is 6.42 Å². The summed E-state index contributed by atoms with van der Waals surface area (Å²) in [5, 5.41) is 6.30. The molecule has 2 aromatic rings. The lowest BCUT2D eigenvalue weighted by atomic mass is 10.2. The van der Waals surface area contributed by atoms with Crippen LogP contribution in [0.15, 0.2) is 48.5 Å². The van der Waals surface area contributed by atoms with E-state index in [-0.39, 0.29) is 24.4 Å². The van der Waals surface area contributed by atoms with Gasteiger partial charge in [0, 0.05) is 42.3 Å². The van der Waals surface area contributed by atoms with Crippen molar-refractivity contribution in [3.8, 4) is 17.2 Å². The number of rotatable bonds is 6. The SMILES string of the molecule is COc1cccc(Oc2ccc(NC(=O)CC3CSCCN3)cc2)c1.Cl. The number of anilines is 1. The minimum atomic E-state index is 0. The average molecular weight is 395 g/mol. The maximum atomic E-state index is 12.1. The molecule has 0 radical (unpaired) electrons. The third kappa shape index (κ3) is 6.12. The van der Waals surface area contributed by atoms with E-state index < -0.39 is 0 Å². The molecular weight excluding hydrogens is 372 g/mol. The molecule has 0 aromatic heterocycles. The third-order valence-corrected chi connectivity index (χ3v) is 4.98. The van der Waals surface area contributed by atoms with Crippen molar-refractivity contribution in [1.29, 1.82) is 0 Å². The molecule has 1 aliphatic rings. The van der Waals surface area contributed by atoms with Gasteiger partial charge in [0.05, 0.1) is 7.11 Å². The maximum absolute atomic E-state index is 12.1. The Hall–Kier alpha value is -1.89. The molecule has 1 amide bonds. The average Bonchev–Trinajstić information content (AvgIpc) is 2.64. The minimum Gasteiger partial charge on any atom is -0.497 e. The first kappa shape index (κ1) is 20.4. The van der Waals surface area contributed by atoms with E-state index in [9.17, 15) is 4.79 Å². The molecule has 3 rings (SSSR count). The Morgan fingerprint density at radius 3 is 2.65 bits per heavy atom. The summed E-state index contributed by atoms with van der Waals surface area (Å²) >= 11 is 1.89. The van der Waals surface area contributed by atoms with E-state index in [4.69, 9.17) is 9.47 Å². The fraction of sp³-hybridized carbons (Fsp3) is 0.316. The Bertz CT molecular complexity index is 706. The second kappa shape index (κ2) is 10.3. The van der Waals surface area contributed by atoms with Crippen molar-refractivity contribution in [3.05, 3.63) is 48.5 Å². The predicted octanol–water partition coefficient (Wildman–Crippen LogP) is 3.94. The fourth-order valence-electron chi connectivity index (χ4n) is 2.59. The first-order valence-corrected chi connectivity index (χ1v) is 9.41. The molecule has 26 heavy (non-hydrogen) atoms. The highest BCUT2D eigenvalue weighted by Crippen LogP contribution is 2.26. The third-order valence-electron chi connectivity index (χ3n) is 3.85. The number of carbonyl (C=O) groups is 1. The van der Waals surface area contributed by atoms with Gasteiger partial charge in [-0.2, -0.15) is 11.8 Å². The van der Waals surface area contributed by atoms with E-state index in [2.05, 4.69) is 10.6 Å². The van der Waals surface area contributed by atoms with Crippen LogP contribution < -0.4 is 20.1 Å². The van der Waals surface area contributed by atoms with Crippen molar-refractivity contribution in [2.24, 2.45) is 0 Å². The highest BCUT2D eigenvalue weighted by Gasteiger charge is 2.16. The van der Waals surface area contributed by atoms with Crippen molar-refractivity contribution in [3.63, 3.8) is 0 Å². The molecule has 2 N–H and O–H groups in total. The second-order valence-electron chi connectivity index (χ2n) is 5.78. The van der Waals surface area contributed by atoms with E-state index in [1.54, 1.807) is 7.11 Å². The van der Waals surface area contributed by atoms with Gasteiger partial charge in [-0.25, -0.2) is 0 Å². The molecule has 5 nitrogen and oxygen atoms in total. The standard InChI is InChI=1S/C19H22N2O3S.ClH/c1-23-17-3-2-4-18(12-17)24-16-7-5-14(6-8-16)21-19(22)11-15-13-25-10-9-20-15;/h2-8,12,15,20H,9-11,13H2,1H3,(H,21,22);1H. The van der Waals surface area contributed by atoms with Crippen LogP contribution in [0.2, 0.25) is 0 Å². The number of thioether (sulfide) groups is 1. The Kier molecular flexibility index (Phi) is 8.09. The summed E-state index contributed by atoms with van der Waals surface area (Å²) in [5.74, 6) is 4.29. The van der Waals surface area contributed by atoms with Gasteiger partial charge in [-0.1, -0.05) is 6.07 Å². The summed E-state index contributed by atoms with van der Waals surface area (Å²) in [6.07, 6.45) is 0.495. The van der Waals surface area contributed by atoms with E-state index in [0.29, 0.717) is 17.9 Å². The molecule has 1 saturated heterocycles. The molecule has 1 atom stereocenters. The van der Waals surface area contributed by atoms with Crippen molar-refractivity contribution >= 4 is 35.8 Å². The molecule has 1 heterocycles. The van der Waals surface area contributed by atoms with Crippen LogP contribution in [0.5, 0.6) is 17.2 Å². The fourth-order valence-corrected chi connectivity index (χ4v) is 3.54. The number of hydrogen-bond acceptors (Lipinski definition) is 5. The zero-order valence-electron chi connectivity index (χ0n) is 14.6. The number of carbonyl (C=O) groups excluding carboxylic acids is 1. The van der Waals surface area contributed by atoms with Crippen LogP contribution in [0.25, 0.3) is 0 Å². The number of benzene rings is 2. The molecule has 0 spiro atoms. The van der Waals surface area contributed by atoms with Crippen LogP contribution in [0.3, 0.4) is 0 Å². The number of halogens is 1. The molecule has 1 unspecified atom stereocenters. The molecule has 1 fully saturated rings. The summed E-state index contributed by atoms with van der Waals surface area (Å²) in [4.78, 5) is 12.1. The van der Waals surface area contributed by atoms with Gasteiger partial charge in [-0.05, 0) is 36.4 Å². The zero-order valence-corrected chi connectivity index (χ0v) is 16.2. The lowest BCUT2D eigenvalue weighted by molar-refractivity contribution is -0.116. The van der Waals surface area contributed by atoms with Gasteiger partial charge in [0.25, 0.3) is 0 Å². The first-order valence-electron chi connectivity index (χ1n) is 8.26. The molecular formula is C19H23ClN2O3S. The molecule has 0 bridgehead atoms. The topological polar surface area (TPSA) is 59.6 Å². The molecule has 0 saturated carbocycles. The Morgan fingerprint density at radius 2 is 1.96 bits per heavy atom. The first-order chi connectivity index (χ1) is 12.2. The summed E-state index contributed by atoms with van der Waals surface area (Å²) in [5.41, 5.74) is 0.770. The Labute approximate surface area is 164 Å². The number of amides is 1. The van der Waals surface area contributed by atoms with Crippen molar-refractivity contribution in [2.45, 2.75) is 12.5 Å². The number of ether oxygens (including phenoxy) is 2. The Morgan fingerprint density at radius 1 is 1.19 bits per heavy atom. The summed E-state index contributed by atoms with van der Waals surface area (Å²) in [7, 11) is 1.62. The van der Waals surface area contributed by atoms with Crippen molar-refractivity contribution in [2.75, 3.05) is 30.5 Å². The summed E-state index contributed by atoms with van der Waals surface area (Å²) in [6.45, 7) is 0.971. The molecule has 2 aromatic carbocycles. The Balaban J connectivity index is 0.00000243. The van der Waals surface area contributed by atoms with Crippen molar-refractivity contribution < 1.29 is 14.3 Å². The van der Waals surface area contributed by atoms with Crippen LogP contribution >= 0.6 is 24.2 Å². The van der Waals surface area contributed by atoms with Gasteiger partial charge < -0.3 is 20.1 Å². The highest BCUT2D eigenvalue weighted by molar-refractivity contribution is 7.99. The lowest BCUT2D eigenvalue weighted by Gasteiger charge is -2.22. The van der Waals surface area contributed by atoms with Crippen LogP contribution in [-0.4, -0.2) is 37.1 Å². The van der Waals surface area contributed by atoms with Gasteiger partial charge in [0.15, 0.2) is 0 Å². The molecule has 140 valence electrons. The van der Waals surface area contributed by atoms with E-state index in [0.717, 1.165) is 29.5 Å². The molecule has 1 aliphatic heterocycles. The van der Waals surface area contributed by atoms with E-state index in [1.807, 2.05) is 60.3 Å². The van der Waals surface area contributed by atoms with Gasteiger partial charge >= 0.3 is 0 Å². The smallest absolute Gasteiger partial charge is 0.225 e. The van der Waals surface area contributed by atoms with Crippen LogP contribution in [0.4, 0.5) is 5.69 Å². The molecule has 7 heteroatoms. The second-order valence-corrected chi connectivity index (χ2v) is 6.93. The summed E-state index contributed by atoms with van der Waals surface area (Å²) in [6, 6.07) is 15.1. The molecule has 0 aliphatic carbocycles. The van der Waals surface area contributed by atoms with E-state index >= 15 is 0 Å². The number of hydrogen-bond donors (Lipinski definition) is 2. The maximum Gasteiger partial charge on any atom is 0.225 e. The van der Waals surface area contributed by atoms with Crippen molar-refractivity contribution in [1.82, 2.24) is 5.32 Å². The largest absolute Gasteiger partial charge is 0.497 e. The lowest BCUT2D eigenvalue weighted by Crippen LogP contribution is -2.39. The van der Waals surface area contributed by atoms with E-state index in [1.165, 1.54) is 0 Å². The summed E-state index contributed by atoms with van der Waals surface area (Å²) < 4.78 is 11.0.